The fourth-order valence-corrected chi connectivity index (χ4v) is 7.99. The van der Waals surface area contributed by atoms with Gasteiger partial charge in [0.05, 0.1) is 5.52 Å². The van der Waals surface area contributed by atoms with Gasteiger partial charge in [0.1, 0.15) is 11.5 Å². The van der Waals surface area contributed by atoms with Crippen molar-refractivity contribution in [2.75, 3.05) is 0 Å². The number of oxazole rings is 1. The van der Waals surface area contributed by atoms with Gasteiger partial charge in [-0.05, 0) is 79.9 Å². The van der Waals surface area contributed by atoms with Crippen LogP contribution in [0.25, 0.3) is 106 Å². The summed E-state index contributed by atoms with van der Waals surface area (Å²) in [4.78, 5) is 9.58. The van der Waals surface area contributed by atoms with Crippen molar-refractivity contribution in [3.05, 3.63) is 212 Å². The maximum absolute atomic E-state index is 6.29. The molecule has 0 spiro atoms. The molecule has 0 aliphatic carbocycles. The summed E-state index contributed by atoms with van der Waals surface area (Å²) in [7, 11) is 0. The Hall–Kier alpha value is -7.13. The number of fused-ring (bicyclic) bond motifs is 4. The summed E-state index contributed by atoms with van der Waals surface area (Å²) in [6, 6.07) is 75.4. The molecule has 280 valence electrons. The van der Waals surface area contributed by atoms with Gasteiger partial charge in [-0.1, -0.05) is 168 Å². The molecule has 0 fully saturated rings. The Morgan fingerprint density at radius 2 is 1.05 bits per heavy atom. The van der Waals surface area contributed by atoms with E-state index in [4.69, 9.17) is 14.4 Å². The third-order valence-corrected chi connectivity index (χ3v) is 10.9. The van der Waals surface area contributed by atoms with Crippen molar-refractivity contribution in [2.24, 2.45) is 0 Å². The van der Waals surface area contributed by atoms with Crippen LogP contribution in [0.2, 0.25) is 0 Å². The monoisotopic (exact) mass is 934 g/mol. The molecule has 0 saturated carbocycles. The van der Waals surface area contributed by atoms with Gasteiger partial charge in [-0.15, -0.1) is 42.0 Å². The van der Waals surface area contributed by atoms with Crippen LogP contribution in [-0.2, 0) is 21.1 Å². The van der Waals surface area contributed by atoms with Gasteiger partial charge in [0.2, 0.25) is 0 Å². The number of para-hydroxylation sites is 2. The third kappa shape index (κ3) is 6.68. The van der Waals surface area contributed by atoms with Crippen LogP contribution >= 0.6 is 0 Å². The van der Waals surface area contributed by atoms with E-state index in [2.05, 4.69) is 156 Å². The van der Waals surface area contributed by atoms with E-state index < -0.39 is 0 Å². The molecular formula is C54H33N3OPt. The number of hydrogen-bond acceptors (Lipinski definition) is 3. The zero-order valence-corrected chi connectivity index (χ0v) is 33.9. The van der Waals surface area contributed by atoms with E-state index in [1.165, 1.54) is 16.7 Å². The minimum Gasteiger partial charge on any atom is -0.481 e. The van der Waals surface area contributed by atoms with E-state index in [0.29, 0.717) is 5.89 Å². The Morgan fingerprint density at radius 3 is 1.73 bits per heavy atom. The van der Waals surface area contributed by atoms with Crippen molar-refractivity contribution >= 4 is 32.9 Å². The first-order valence-corrected chi connectivity index (χ1v) is 19.4. The Labute approximate surface area is 356 Å². The predicted molar refractivity (Wildman–Crippen MR) is 236 cm³/mol. The number of hydrogen-bond donors (Lipinski definition) is 0. The standard InChI is InChI=1S/C54H33N3O.Pt/c1-3-11-36(12-4-1)38-18-20-40(21-19-38)42-28-31-50-47(33-42)46-30-27-44(54-56-49-16-7-8-17-53(49)58-54)35-52(46)57(50)51-34-43(48-15-9-10-32-55-48)26-29-45(51)41-24-22-39(23-25-41)37-13-5-2-6-14-37;/h1-33H;/q-2;+2. The summed E-state index contributed by atoms with van der Waals surface area (Å²) < 4.78 is 8.59. The zero-order chi connectivity index (χ0) is 38.4. The van der Waals surface area contributed by atoms with E-state index in [0.717, 1.165) is 83.2 Å². The molecule has 0 saturated heterocycles. The van der Waals surface area contributed by atoms with Gasteiger partial charge in [0.15, 0.2) is 0 Å². The summed E-state index contributed by atoms with van der Waals surface area (Å²) in [6.07, 6.45) is 1.83. The van der Waals surface area contributed by atoms with Crippen LogP contribution in [0.1, 0.15) is 0 Å². The van der Waals surface area contributed by atoms with E-state index >= 15 is 0 Å². The molecule has 11 rings (SSSR count). The van der Waals surface area contributed by atoms with Crippen LogP contribution < -0.4 is 0 Å². The maximum atomic E-state index is 6.29. The first-order chi connectivity index (χ1) is 28.7. The molecule has 11 aromatic rings. The average molecular weight is 935 g/mol. The smallest absolute Gasteiger partial charge is 0.481 e. The summed E-state index contributed by atoms with van der Waals surface area (Å²) in [5, 5.41) is 2.18. The number of benzene rings is 8. The van der Waals surface area contributed by atoms with Crippen molar-refractivity contribution < 1.29 is 25.5 Å². The minimum absolute atomic E-state index is 0. The molecule has 0 N–H and O–H groups in total. The van der Waals surface area contributed by atoms with E-state index in [-0.39, 0.29) is 21.1 Å². The molecule has 5 heteroatoms. The molecular weight excluding hydrogens is 902 g/mol. The first-order valence-electron chi connectivity index (χ1n) is 19.4. The number of rotatable bonds is 7. The van der Waals surface area contributed by atoms with Gasteiger partial charge >= 0.3 is 21.1 Å². The molecule has 0 aliphatic rings. The van der Waals surface area contributed by atoms with E-state index in [1.54, 1.807) is 0 Å². The Balaban J connectivity index is 0.00000420. The van der Waals surface area contributed by atoms with Crippen LogP contribution in [0.3, 0.4) is 0 Å². The van der Waals surface area contributed by atoms with Crippen LogP contribution in [0.4, 0.5) is 0 Å². The molecule has 4 nitrogen and oxygen atoms in total. The van der Waals surface area contributed by atoms with E-state index in [9.17, 15) is 0 Å². The molecule has 3 heterocycles. The average Bonchev–Trinajstić information content (AvgIpc) is 3.89. The van der Waals surface area contributed by atoms with Crippen LogP contribution in [0.5, 0.6) is 0 Å². The van der Waals surface area contributed by atoms with Crippen molar-refractivity contribution in [3.8, 4) is 72.9 Å². The van der Waals surface area contributed by atoms with Crippen LogP contribution in [-0.4, -0.2) is 14.5 Å². The van der Waals surface area contributed by atoms with Crippen LogP contribution in [0.15, 0.2) is 205 Å². The van der Waals surface area contributed by atoms with Gasteiger partial charge in [-0.25, -0.2) is 0 Å². The van der Waals surface area contributed by atoms with Gasteiger partial charge in [-0.3, -0.25) is 4.98 Å². The number of aromatic nitrogens is 3. The Morgan fingerprint density at radius 1 is 0.458 bits per heavy atom. The van der Waals surface area contributed by atoms with E-state index in [1.807, 2.05) is 60.8 Å². The fraction of sp³-hybridized carbons (Fsp3) is 0. The topological polar surface area (TPSA) is 43.9 Å². The van der Waals surface area contributed by atoms with Gasteiger partial charge < -0.3 is 14.0 Å². The second-order valence-electron chi connectivity index (χ2n) is 14.4. The quantitative estimate of drug-likeness (QED) is 0.150. The second-order valence-corrected chi connectivity index (χ2v) is 14.4. The summed E-state index contributed by atoms with van der Waals surface area (Å²) in [5.74, 6) is 0.530. The first kappa shape index (κ1) is 36.2. The SMILES string of the molecule is [Pt+2].[c-]1c(-c2ccccn2)ccc(-c2ccc(-c3ccccc3)cc2)c1-n1c2[c-]c(-c3nc4ccccc4o3)ccc2c2cc(-c3ccc(-c4ccccc4)cc3)ccc21. The van der Waals surface area contributed by atoms with Crippen molar-refractivity contribution in [2.45, 2.75) is 0 Å². The van der Waals surface area contributed by atoms with Crippen LogP contribution in [0, 0.1) is 12.1 Å². The molecule has 8 aromatic carbocycles. The summed E-state index contributed by atoms with van der Waals surface area (Å²) in [6.45, 7) is 0. The molecule has 59 heavy (non-hydrogen) atoms. The third-order valence-electron chi connectivity index (χ3n) is 10.9. The van der Waals surface area contributed by atoms with Crippen molar-refractivity contribution in [1.82, 2.24) is 14.5 Å². The Bertz CT molecular complexity index is 3210. The van der Waals surface area contributed by atoms with Crippen molar-refractivity contribution in [3.63, 3.8) is 0 Å². The van der Waals surface area contributed by atoms with Gasteiger partial charge in [-0.2, -0.15) is 0 Å². The number of pyridine rings is 1. The summed E-state index contributed by atoms with van der Waals surface area (Å²) in [5.41, 5.74) is 16.1. The Kier molecular flexibility index (Phi) is 9.41. The predicted octanol–water partition coefficient (Wildman–Crippen LogP) is 13.9. The molecule has 0 unspecified atom stereocenters. The molecule has 0 bridgehead atoms. The van der Waals surface area contributed by atoms with Crippen molar-refractivity contribution in [1.29, 1.82) is 0 Å². The molecule has 3 aromatic heterocycles. The maximum Gasteiger partial charge on any atom is 2.00 e. The van der Waals surface area contributed by atoms with Gasteiger partial charge in [0.25, 0.3) is 0 Å². The van der Waals surface area contributed by atoms with Gasteiger partial charge in [0, 0.05) is 11.7 Å². The molecule has 0 aliphatic heterocycles. The number of nitrogens with zero attached hydrogens (tertiary/aromatic N) is 3. The normalized spacial score (nSPS) is 11.3. The minimum atomic E-state index is 0. The molecule has 0 amide bonds. The summed E-state index contributed by atoms with van der Waals surface area (Å²) >= 11 is 0. The molecule has 0 atom stereocenters. The fourth-order valence-electron chi connectivity index (χ4n) is 7.99. The second kappa shape index (κ2) is 15.3. The zero-order valence-electron chi connectivity index (χ0n) is 31.6. The molecule has 0 radical (unpaired) electrons. The largest absolute Gasteiger partial charge is 2.00 e.